The molecular formula is C25H35N. The van der Waals surface area contributed by atoms with E-state index in [2.05, 4.69) is 77.4 Å². The van der Waals surface area contributed by atoms with E-state index in [1.807, 2.05) is 0 Å². The van der Waals surface area contributed by atoms with E-state index in [0.717, 1.165) is 11.8 Å². The number of nitrogens with zero attached hydrogens (tertiary/aromatic N) is 1. The molecule has 4 aliphatic rings. The number of hydrogen-bond acceptors (Lipinski definition) is 0. The van der Waals surface area contributed by atoms with E-state index in [9.17, 15) is 0 Å². The van der Waals surface area contributed by atoms with Gasteiger partial charge < -0.3 is 4.57 Å². The second-order valence-electron chi connectivity index (χ2n) is 11.2. The van der Waals surface area contributed by atoms with E-state index in [0.29, 0.717) is 21.7 Å². The van der Waals surface area contributed by atoms with Crippen LogP contribution in [0.4, 0.5) is 0 Å². The molecule has 5 rings (SSSR count). The van der Waals surface area contributed by atoms with Crippen LogP contribution in [0.1, 0.15) is 78.6 Å². The largest absolute Gasteiger partial charge is 0.344 e. The zero-order valence-electron chi connectivity index (χ0n) is 17.7. The van der Waals surface area contributed by atoms with Gasteiger partial charge in [-0.25, -0.2) is 0 Å². The Morgan fingerprint density at radius 2 is 1.12 bits per heavy atom. The van der Waals surface area contributed by atoms with E-state index in [1.54, 1.807) is 11.1 Å². The lowest BCUT2D eigenvalue weighted by atomic mass is 9.67. The minimum Gasteiger partial charge on any atom is -0.344 e. The van der Waals surface area contributed by atoms with Gasteiger partial charge in [0.1, 0.15) is 0 Å². The number of allylic oxidation sites excluding steroid dienone is 4. The van der Waals surface area contributed by atoms with Crippen molar-refractivity contribution in [2.24, 2.45) is 40.5 Å². The van der Waals surface area contributed by atoms with Gasteiger partial charge in [0.05, 0.1) is 0 Å². The van der Waals surface area contributed by atoms with Crippen molar-refractivity contribution in [1.29, 1.82) is 0 Å². The molecule has 0 N–H and O–H groups in total. The fraction of sp³-hybridized carbons (Fsp3) is 0.680. The Morgan fingerprint density at radius 3 is 1.38 bits per heavy atom. The van der Waals surface area contributed by atoms with Crippen molar-refractivity contribution in [3.8, 4) is 0 Å². The Bertz CT molecular complexity index is 791. The fourth-order valence-electron chi connectivity index (χ4n) is 7.18. The molecule has 26 heavy (non-hydrogen) atoms. The third kappa shape index (κ3) is 1.61. The molecule has 4 bridgehead atoms. The van der Waals surface area contributed by atoms with Crippen molar-refractivity contribution in [1.82, 2.24) is 4.57 Å². The molecule has 1 heterocycles. The topological polar surface area (TPSA) is 4.93 Å². The van der Waals surface area contributed by atoms with Gasteiger partial charge in [0.2, 0.25) is 0 Å². The van der Waals surface area contributed by atoms with Crippen LogP contribution in [0.2, 0.25) is 0 Å². The number of fused-ring (bicyclic) bond motifs is 4. The summed E-state index contributed by atoms with van der Waals surface area (Å²) in [5, 5.41) is 0. The van der Waals surface area contributed by atoms with Crippen LogP contribution in [-0.2, 0) is 7.05 Å². The molecule has 4 aliphatic carbocycles. The molecule has 1 heteroatoms. The first-order valence-corrected chi connectivity index (χ1v) is 10.7. The van der Waals surface area contributed by atoms with Crippen molar-refractivity contribution in [2.45, 2.75) is 67.2 Å². The second-order valence-corrected chi connectivity index (χ2v) is 11.2. The van der Waals surface area contributed by atoms with Crippen LogP contribution in [0.15, 0.2) is 24.3 Å². The molecule has 2 fully saturated rings. The van der Waals surface area contributed by atoms with Gasteiger partial charge in [0.25, 0.3) is 0 Å². The van der Waals surface area contributed by atoms with Gasteiger partial charge in [0.15, 0.2) is 0 Å². The zero-order chi connectivity index (χ0) is 18.7. The first-order valence-electron chi connectivity index (χ1n) is 10.7. The predicted octanol–water partition coefficient (Wildman–Crippen LogP) is 6.70. The van der Waals surface area contributed by atoms with Crippen LogP contribution < -0.4 is 0 Å². The normalized spacial score (nSPS) is 41.7. The third-order valence-electron chi connectivity index (χ3n) is 10.2. The summed E-state index contributed by atoms with van der Waals surface area (Å²) >= 11 is 0. The van der Waals surface area contributed by atoms with E-state index in [-0.39, 0.29) is 0 Å². The molecule has 2 saturated carbocycles. The van der Waals surface area contributed by atoms with Crippen molar-refractivity contribution in [2.75, 3.05) is 0 Å². The summed E-state index contributed by atoms with van der Waals surface area (Å²) in [7, 11) is 2.30. The van der Waals surface area contributed by atoms with Crippen molar-refractivity contribution in [3.05, 3.63) is 35.7 Å². The number of hydrogen-bond donors (Lipinski definition) is 0. The third-order valence-corrected chi connectivity index (χ3v) is 10.2. The lowest BCUT2D eigenvalue weighted by Gasteiger charge is -2.39. The maximum atomic E-state index is 2.61. The molecule has 0 spiro atoms. The minimum atomic E-state index is 0.327. The molecule has 0 aliphatic heterocycles. The lowest BCUT2D eigenvalue weighted by molar-refractivity contribution is 0.188. The van der Waals surface area contributed by atoms with Crippen molar-refractivity contribution >= 4 is 11.1 Å². The van der Waals surface area contributed by atoms with E-state index >= 15 is 0 Å². The zero-order valence-corrected chi connectivity index (χ0v) is 17.7. The summed E-state index contributed by atoms with van der Waals surface area (Å²) < 4.78 is 2.52. The first-order chi connectivity index (χ1) is 12.0. The molecular weight excluding hydrogens is 314 g/mol. The molecule has 140 valence electrons. The molecule has 1 nitrogen and oxygen atoms in total. The van der Waals surface area contributed by atoms with Crippen molar-refractivity contribution in [3.63, 3.8) is 0 Å². The molecule has 1 aromatic rings. The van der Waals surface area contributed by atoms with Gasteiger partial charge in [0, 0.05) is 18.4 Å². The number of aromatic nitrogens is 1. The summed E-state index contributed by atoms with van der Waals surface area (Å²) in [6.07, 6.45) is 10.6. The van der Waals surface area contributed by atoms with Gasteiger partial charge in [-0.05, 0) is 82.5 Å². The van der Waals surface area contributed by atoms with Crippen LogP contribution in [-0.4, -0.2) is 4.57 Å². The molecule has 0 amide bonds. The maximum Gasteiger partial charge on any atom is 0.0444 e. The van der Waals surface area contributed by atoms with Gasteiger partial charge in [-0.2, -0.15) is 0 Å². The van der Waals surface area contributed by atoms with Crippen LogP contribution in [0, 0.1) is 33.5 Å². The Labute approximate surface area is 159 Å². The monoisotopic (exact) mass is 349 g/mol. The van der Waals surface area contributed by atoms with Crippen LogP contribution >= 0.6 is 0 Å². The number of rotatable bonds is 2. The summed E-state index contributed by atoms with van der Waals surface area (Å²) in [5.74, 6) is 1.50. The van der Waals surface area contributed by atoms with E-state index < -0.39 is 0 Å². The summed E-state index contributed by atoms with van der Waals surface area (Å²) in [4.78, 5) is 0. The summed E-state index contributed by atoms with van der Waals surface area (Å²) in [6, 6.07) is 4.82. The Balaban J connectivity index is 1.59. The average molecular weight is 350 g/mol. The highest BCUT2D eigenvalue weighted by Gasteiger charge is 2.59. The fourth-order valence-corrected chi connectivity index (χ4v) is 7.18. The molecule has 0 saturated heterocycles. The standard InChI is InChI=1S/C25H35N/c1-22(2)16-10-12-24(22,5)18(14-16)20-8-9-21(26(20)7)19-15-17-11-13-25(19,6)23(17,3)4/h8-9,14-17H,10-13H2,1-7H3/t16-,17-,24+,25+/m1/s1. The van der Waals surface area contributed by atoms with Crippen LogP contribution in [0.25, 0.3) is 11.1 Å². The van der Waals surface area contributed by atoms with Gasteiger partial charge >= 0.3 is 0 Å². The van der Waals surface area contributed by atoms with E-state index in [4.69, 9.17) is 0 Å². The molecule has 4 atom stereocenters. The minimum absolute atomic E-state index is 0.327. The quantitative estimate of drug-likeness (QED) is 0.559. The maximum absolute atomic E-state index is 2.61. The smallest absolute Gasteiger partial charge is 0.0444 e. The Kier molecular flexibility index (Phi) is 2.99. The Morgan fingerprint density at radius 1 is 0.731 bits per heavy atom. The SMILES string of the molecule is Cn1c(C2=C[C@H]3CC[C@]2(C)C3(C)C)ccc1C1=C[C@H]2CC[C@]1(C)C2(C)C. The van der Waals surface area contributed by atoms with E-state index in [1.165, 1.54) is 37.1 Å². The van der Waals surface area contributed by atoms with Gasteiger partial charge in [-0.15, -0.1) is 0 Å². The summed E-state index contributed by atoms with van der Waals surface area (Å²) in [5.41, 5.74) is 7.59. The molecule has 0 aromatic carbocycles. The Hall–Kier alpha value is -1.24. The highest BCUT2D eigenvalue weighted by molar-refractivity contribution is 5.79. The average Bonchev–Trinajstić information content (AvgIpc) is 3.22. The van der Waals surface area contributed by atoms with Crippen LogP contribution in [0.3, 0.4) is 0 Å². The molecule has 0 unspecified atom stereocenters. The molecule has 1 aromatic heterocycles. The second kappa shape index (κ2) is 4.59. The van der Waals surface area contributed by atoms with Gasteiger partial charge in [-0.1, -0.05) is 53.7 Å². The summed E-state index contributed by atoms with van der Waals surface area (Å²) in [6.45, 7) is 15.0. The molecule has 0 radical (unpaired) electrons. The lowest BCUT2D eigenvalue weighted by Crippen LogP contribution is -2.31. The van der Waals surface area contributed by atoms with Crippen LogP contribution in [0.5, 0.6) is 0 Å². The van der Waals surface area contributed by atoms with Crippen molar-refractivity contribution < 1.29 is 0 Å². The predicted molar refractivity (Wildman–Crippen MR) is 111 cm³/mol. The van der Waals surface area contributed by atoms with Gasteiger partial charge in [-0.3, -0.25) is 0 Å². The first kappa shape index (κ1) is 16.9. The highest BCUT2D eigenvalue weighted by Crippen LogP contribution is 2.69. The highest BCUT2D eigenvalue weighted by atomic mass is 15.0.